The summed E-state index contributed by atoms with van der Waals surface area (Å²) in [4.78, 5) is 0. The quantitative estimate of drug-likeness (QED) is 0.770. The first-order chi connectivity index (χ1) is 6.25. The highest BCUT2D eigenvalue weighted by Gasteiger charge is 1.99. The average Bonchev–Trinajstić information content (AvgIpc) is 2.17. The molecule has 1 aromatic carbocycles. The highest BCUT2D eigenvalue weighted by atomic mass is 35.5. The van der Waals surface area contributed by atoms with E-state index < -0.39 is 0 Å². The highest BCUT2D eigenvalue weighted by molar-refractivity contribution is 6.31. The molecule has 0 bridgehead atoms. The van der Waals surface area contributed by atoms with Gasteiger partial charge in [-0.1, -0.05) is 37.6 Å². The van der Waals surface area contributed by atoms with Crippen LogP contribution in [0.25, 0.3) is 0 Å². The van der Waals surface area contributed by atoms with E-state index >= 15 is 0 Å². The van der Waals surface area contributed by atoms with E-state index in [0.717, 1.165) is 11.6 Å². The molecule has 2 heteroatoms. The fraction of sp³-hybridized carbons (Fsp3) is 0.455. The minimum Gasteiger partial charge on any atom is -0.316 e. The first kappa shape index (κ1) is 12.5. The van der Waals surface area contributed by atoms with Crippen LogP contribution in [0.15, 0.2) is 18.2 Å². The lowest BCUT2D eigenvalue weighted by Crippen LogP contribution is -2.06. The van der Waals surface area contributed by atoms with E-state index in [1.165, 1.54) is 11.1 Å². The van der Waals surface area contributed by atoms with Crippen molar-refractivity contribution in [1.82, 2.24) is 5.32 Å². The molecule has 0 saturated carbocycles. The van der Waals surface area contributed by atoms with E-state index in [1.807, 2.05) is 40.0 Å². The van der Waals surface area contributed by atoms with E-state index in [1.54, 1.807) is 0 Å². The second kappa shape index (κ2) is 6.93. The molecule has 0 aliphatic heterocycles. The molecule has 74 valence electrons. The van der Waals surface area contributed by atoms with Crippen molar-refractivity contribution in [3.05, 3.63) is 34.3 Å². The van der Waals surface area contributed by atoms with Gasteiger partial charge in [0.15, 0.2) is 0 Å². The van der Waals surface area contributed by atoms with Crippen molar-refractivity contribution >= 4 is 11.6 Å². The fourth-order valence-corrected chi connectivity index (χ4v) is 1.23. The summed E-state index contributed by atoms with van der Waals surface area (Å²) in [5.41, 5.74) is 2.43. The van der Waals surface area contributed by atoms with Crippen LogP contribution >= 0.6 is 11.6 Å². The molecule has 1 N–H and O–H groups in total. The molecule has 1 aromatic rings. The van der Waals surface area contributed by atoms with E-state index in [0.29, 0.717) is 0 Å². The molecular weight excluding hydrogens is 182 g/mol. The van der Waals surface area contributed by atoms with Crippen LogP contribution in [0.5, 0.6) is 0 Å². The number of halogens is 1. The maximum absolute atomic E-state index is 5.92. The lowest BCUT2D eigenvalue weighted by molar-refractivity contribution is 0.812. The molecule has 0 unspecified atom stereocenters. The standard InChI is InChI=1S/C9H12ClN.C2H6/c1-7-8(6-11-2)4-3-5-9(7)10;1-2/h3-5,11H,6H2,1-2H3;1-2H3. The SMILES string of the molecule is CC.CNCc1cccc(Cl)c1C. The van der Waals surface area contributed by atoms with Crippen LogP contribution < -0.4 is 5.32 Å². The third-order valence-corrected chi connectivity index (χ3v) is 2.16. The van der Waals surface area contributed by atoms with Gasteiger partial charge in [-0.2, -0.15) is 0 Å². The molecule has 13 heavy (non-hydrogen) atoms. The van der Waals surface area contributed by atoms with Gasteiger partial charge in [-0.25, -0.2) is 0 Å². The second-order valence-corrected chi connectivity index (χ2v) is 2.96. The molecule has 1 nitrogen and oxygen atoms in total. The maximum Gasteiger partial charge on any atom is 0.0438 e. The van der Waals surface area contributed by atoms with Crippen LogP contribution in [0.2, 0.25) is 5.02 Å². The Kier molecular flexibility index (Phi) is 6.65. The topological polar surface area (TPSA) is 12.0 Å². The Balaban J connectivity index is 0.000000671. The predicted molar refractivity (Wildman–Crippen MR) is 60.3 cm³/mol. The van der Waals surface area contributed by atoms with E-state index in [2.05, 4.69) is 11.4 Å². The molecule has 0 radical (unpaired) electrons. The van der Waals surface area contributed by atoms with Gasteiger partial charge in [0.2, 0.25) is 0 Å². The summed E-state index contributed by atoms with van der Waals surface area (Å²) in [5, 5.41) is 3.94. The van der Waals surface area contributed by atoms with Gasteiger partial charge in [-0.3, -0.25) is 0 Å². The molecule has 0 aliphatic rings. The normalized spacial score (nSPS) is 9.00. The van der Waals surface area contributed by atoms with Gasteiger partial charge < -0.3 is 5.32 Å². The average molecular weight is 200 g/mol. The van der Waals surface area contributed by atoms with Gasteiger partial charge in [0, 0.05) is 11.6 Å². The largest absolute Gasteiger partial charge is 0.316 e. The molecule has 0 heterocycles. The van der Waals surface area contributed by atoms with Gasteiger partial charge >= 0.3 is 0 Å². The van der Waals surface area contributed by atoms with Gasteiger partial charge in [-0.15, -0.1) is 0 Å². The van der Waals surface area contributed by atoms with Crippen LogP contribution in [-0.4, -0.2) is 7.05 Å². The zero-order valence-corrected chi connectivity index (χ0v) is 9.57. The number of nitrogens with one attached hydrogen (secondary N) is 1. The zero-order chi connectivity index (χ0) is 10.3. The molecule has 0 atom stereocenters. The Morgan fingerprint density at radius 1 is 1.31 bits per heavy atom. The van der Waals surface area contributed by atoms with Crippen LogP contribution in [0, 0.1) is 6.92 Å². The molecular formula is C11H18ClN. The molecule has 0 aromatic heterocycles. The fourth-order valence-electron chi connectivity index (χ4n) is 1.03. The van der Waals surface area contributed by atoms with Crippen molar-refractivity contribution in [1.29, 1.82) is 0 Å². The van der Waals surface area contributed by atoms with Crippen molar-refractivity contribution in [2.75, 3.05) is 7.05 Å². The lowest BCUT2D eigenvalue weighted by atomic mass is 10.1. The minimum atomic E-state index is 0.845. The van der Waals surface area contributed by atoms with Crippen molar-refractivity contribution in [2.24, 2.45) is 0 Å². The number of rotatable bonds is 2. The Bertz CT molecular complexity index is 246. The number of hydrogen-bond donors (Lipinski definition) is 1. The Labute approximate surface area is 86.1 Å². The number of benzene rings is 1. The summed E-state index contributed by atoms with van der Waals surface area (Å²) in [6, 6.07) is 5.97. The van der Waals surface area contributed by atoms with Crippen molar-refractivity contribution < 1.29 is 0 Å². The van der Waals surface area contributed by atoms with Gasteiger partial charge in [0.05, 0.1) is 0 Å². The third-order valence-electron chi connectivity index (χ3n) is 1.75. The van der Waals surface area contributed by atoms with E-state index in [-0.39, 0.29) is 0 Å². The van der Waals surface area contributed by atoms with Crippen LogP contribution in [0.3, 0.4) is 0 Å². The molecule has 0 spiro atoms. The molecule has 0 aliphatic carbocycles. The summed E-state index contributed by atoms with van der Waals surface area (Å²) in [6.07, 6.45) is 0. The van der Waals surface area contributed by atoms with Crippen molar-refractivity contribution in [3.63, 3.8) is 0 Å². The molecule has 0 saturated heterocycles. The van der Waals surface area contributed by atoms with Crippen LogP contribution in [0.1, 0.15) is 25.0 Å². The summed E-state index contributed by atoms with van der Waals surface area (Å²) >= 11 is 5.92. The maximum atomic E-state index is 5.92. The van der Waals surface area contributed by atoms with Crippen LogP contribution in [0.4, 0.5) is 0 Å². The summed E-state index contributed by atoms with van der Waals surface area (Å²) in [5.74, 6) is 0. The molecule has 0 amide bonds. The van der Waals surface area contributed by atoms with Gasteiger partial charge in [-0.05, 0) is 31.2 Å². The van der Waals surface area contributed by atoms with Crippen LogP contribution in [-0.2, 0) is 6.54 Å². The number of hydrogen-bond acceptors (Lipinski definition) is 1. The minimum absolute atomic E-state index is 0.845. The Morgan fingerprint density at radius 2 is 1.92 bits per heavy atom. The van der Waals surface area contributed by atoms with E-state index in [4.69, 9.17) is 11.6 Å². The predicted octanol–water partition coefficient (Wildman–Crippen LogP) is 3.39. The molecule has 1 rings (SSSR count). The lowest BCUT2D eigenvalue weighted by Gasteiger charge is -2.05. The first-order valence-corrected chi connectivity index (χ1v) is 5.02. The Hall–Kier alpha value is -0.530. The van der Waals surface area contributed by atoms with Gasteiger partial charge in [0.1, 0.15) is 0 Å². The third kappa shape index (κ3) is 3.79. The first-order valence-electron chi connectivity index (χ1n) is 4.64. The summed E-state index contributed by atoms with van der Waals surface area (Å²) in [6.45, 7) is 6.92. The summed E-state index contributed by atoms with van der Waals surface area (Å²) in [7, 11) is 1.93. The zero-order valence-electron chi connectivity index (χ0n) is 8.82. The molecule has 0 fully saturated rings. The monoisotopic (exact) mass is 199 g/mol. The second-order valence-electron chi connectivity index (χ2n) is 2.55. The highest BCUT2D eigenvalue weighted by Crippen LogP contribution is 2.18. The van der Waals surface area contributed by atoms with Crippen molar-refractivity contribution in [2.45, 2.75) is 27.3 Å². The summed E-state index contributed by atoms with van der Waals surface area (Å²) < 4.78 is 0. The van der Waals surface area contributed by atoms with E-state index in [9.17, 15) is 0 Å². The van der Waals surface area contributed by atoms with Crippen molar-refractivity contribution in [3.8, 4) is 0 Å². The Morgan fingerprint density at radius 3 is 2.46 bits per heavy atom. The smallest absolute Gasteiger partial charge is 0.0438 e. The van der Waals surface area contributed by atoms with Gasteiger partial charge in [0.25, 0.3) is 0 Å².